The summed E-state index contributed by atoms with van der Waals surface area (Å²) in [6, 6.07) is -0.978. The van der Waals surface area contributed by atoms with Gasteiger partial charge in [0.2, 0.25) is 12.1 Å². The zero-order chi connectivity index (χ0) is 26.2. The summed E-state index contributed by atoms with van der Waals surface area (Å²) in [4.78, 5) is 39.8. The van der Waals surface area contributed by atoms with Crippen molar-refractivity contribution < 1.29 is 38.5 Å². The van der Waals surface area contributed by atoms with Crippen LogP contribution < -0.4 is 0 Å². The number of likely N-dealkylation sites (tertiary alicyclic amines) is 1. The molecule has 0 saturated carbocycles. The fraction of sp³-hybridized carbons (Fsp3) is 0.800. The first-order valence-electron chi connectivity index (χ1n) is 12.3. The third kappa shape index (κ3) is 7.33. The van der Waals surface area contributed by atoms with Gasteiger partial charge in [0.1, 0.15) is 12.1 Å². The summed E-state index contributed by atoms with van der Waals surface area (Å²) in [7, 11) is 0. The molecule has 2 heterocycles. The second-order valence-corrected chi connectivity index (χ2v) is 9.13. The molecule has 7 atom stereocenters. The fourth-order valence-electron chi connectivity index (χ4n) is 3.96. The average molecular weight is 488 g/mol. The molecule has 2 aliphatic rings. The van der Waals surface area contributed by atoms with Gasteiger partial charge in [0, 0.05) is 24.8 Å². The van der Waals surface area contributed by atoms with Crippen molar-refractivity contribution in [3.8, 4) is 0 Å². The Morgan fingerprint density at radius 2 is 1.76 bits per heavy atom. The van der Waals surface area contributed by atoms with E-state index in [1.807, 2.05) is 26.8 Å². The maximum atomic E-state index is 13.7. The maximum absolute atomic E-state index is 13.7. The molecule has 34 heavy (non-hydrogen) atoms. The molecule has 0 bridgehead atoms. The second kappa shape index (κ2) is 13.3. The number of rotatable bonds is 7. The standard InChI is InChI=1S/C23H36FNO7.C2H6/c1-13(16(4)26)12-14(2)17(5)31-22(29)18-8-6-7-11-25(18)21(28)20(27)23(30)15(3)9-10-19(24)32-23;1-2/h12-13,15-19,26,30H,6-11H2,1-5H3;1-2H3/b14-12+;. The van der Waals surface area contributed by atoms with Crippen LogP contribution in [0.25, 0.3) is 0 Å². The van der Waals surface area contributed by atoms with E-state index in [1.54, 1.807) is 20.8 Å². The summed E-state index contributed by atoms with van der Waals surface area (Å²) >= 11 is 0. The molecule has 1 amide bonds. The van der Waals surface area contributed by atoms with Gasteiger partial charge in [-0.2, -0.15) is 0 Å². The summed E-state index contributed by atoms with van der Waals surface area (Å²) < 4.78 is 24.1. The van der Waals surface area contributed by atoms with Gasteiger partial charge in [-0.15, -0.1) is 0 Å². The van der Waals surface area contributed by atoms with Crippen LogP contribution in [-0.2, 0) is 23.9 Å². The highest BCUT2D eigenvalue weighted by molar-refractivity contribution is 6.39. The van der Waals surface area contributed by atoms with Crippen LogP contribution >= 0.6 is 0 Å². The SMILES string of the molecule is C/C(=C\C(C)C(C)O)C(C)OC(=O)C1CCCCN1C(=O)C(=O)C1(O)OC(F)CCC1C.CC. The molecule has 2 rings (SSSR count). The van der Waals surface area contributed by atoms with Crippen molar-refractivity contribution in [1.82, 2.24) is 4.90 Å². The number of halogens is 1. The van der Waals surface area contributed by atoms with E-state index in [4.69, 9.17) is 9.47 Å². The molecule has 0 aromatic carbocycles. The molecule has 2 aliphatic heterocycles. The van der Waals surface area contributed by atoms with Gasteiger partial charge in [-0.25, -0.2) is 9.18 Å². The number of carbonyl (C=O) groups excluding carboxylic acids is 3. The quantitative estimate of drug-likeness (QED) is 0.322. The second-order valence-electron chi connectivity index (χ2n) is 9.13. The van der Waals surface area contributed by atoms with Crippen LogP contribution in [0.4, 0.5) is 4.39 Å². The van der Waals surface area contributed by atoms with Crippen LogP contribution in [0.5, 0.6) is 0 Å². The Morgan fingerprint density at radius 1 is 1.15 bits per heavy atom. The van der Waals surface area contributed by atoms with Crippen molar-refractivity contribution in [2.75, 3.05) is 6.54 Å². The minimum Gasteiger partial charge on any atom is -0.457 e. The number of alkyl halides is 1. The molecule has 2 fully saturated rings. The minimum atomic E-state index is -2.55. The number of ether oxygens (including phenoxy) is 2. The summed E-state index contributed by atoms with van der Waals surface area (Å²) in [5, 5.41) is 20.3. The highest BCUT2D eigenvalue weighted by Gasteiger charge is 2.52. The zero-order valence-electron chi connectivity index (χ0n) is 21.5. The van der Waals surface area contributed by atoms with Gasteiger partial charge in [0.25, 0.3) is 11.7 Å². The normalized spacial score (nSPS) is 30.4. The minimum absolute atomic E-state index is 0.0298. The van der Waals surface area contributed by atoms with Crippen LogP contribution in [0.15, 0.2) is 11.6 Å². The predicted octanol–water partition coefficient (Wildman–Crippen LogP) is 3.29. The Balaban J connectivity index is 0.00000281. The number of hydrogen-bond acceptors (Lipinski definition) is 7. The van der Waals surface area contributed by atoms with E-state index in [1.165, 1.54) is 6.92 Å². The molecular weight excluding hydrogens is 445 g/mol. The van der Waals surface area contributed by atoms with Crippen LogP contribution in [0.1, 0.15) is 80.6 Å². The molecule has 0 aromatic heterocycles. The van der Waals surface area contributed by atoms with Crippen LogP contribution in [0.3, 0.4) is 0 Å². The number of piperidine rings is 1. The van der Waals surface area contributed by atoms with E-state index in [9.17, 15) is 29.0 Å². The van der Waals surface area contributed by atoms with E-state index in [0.717, 1.165) is 10.5 Å². The lowest BCUT2D eigenvalue weighted by molar-refractivity contribution is -0.286. The molecule has 2 saturated heterocycles. The van der Waals surface area contributed by atoms with Crippen LogP contribution in [0.2, 0.25) is 0 Å². The Kier molecular flexibility index (Phi) is 11.8. The first-order chi connectivity index (χ1) is 15.9. The molecule has 8 nitrogen and oxygen atoms in total. The molecule has 0 spiro atoms. The largest absolute Gasteiger partial charge is 0.457 e. The van der Waals surface area contributed by atoms with Gasteiger partial charge >= 0.3 is 5.97 Å². The lowest BCUT2D eigenvalue weighted by Gasteiger charge is -2.40. The first-order valence-corrected chi connectivity index (χ1v) is 12.3. The van der Waals surface area contributed by atoms with E-state index < -0.39 is 54.0 Å². The van der Waals surface area contributed by atoms with E-state index in [-0.39, 0.29) is 25.3 Å². The molecule has 0 aromatic rings. The van der Waals surface area contributed by atoms with Crippen molar-refractivity contribution in [3.63, 3.8) is 0 Å². The van der Waals surface area contributed by atoms with E-state index in [0.29, 0.717) is 19.3 Å². The highest BCUT2D eigenvalue weighted by Crippen LogP contribution is 2.34. The predicted molar refractivity (Wildman–Crippen MR) is 125 cm³/mol. The van der Waals surface area contributed by atoms with Gasteiger partial charge in [0.15, 0.2) is 0 Å². The summed E-state index contributed by atoms with van der Waals surface area (Å²) in [6.45, 7) is 12.7. The number of aliphatic hydroxyl groups is 2. The average Bonchev–Trinajstić information content (AvgIpc) is 2.81. The zero-order valence-corrected chi connectivity index (χ0v) is 21.5. The first kappa shape index (κ1) is 30.2. The number of aliphatic hydroxyl groups excluding tert-OH is 1. The Morgan fingerprint density at radius 3 is 2.35 bits per heavy atom. The van der Waals surface area contributed by atoms with Crippen molar-refractivity contribution in [1.29, 1.82) is 0 Å². The van der Waals surface area contributed by atoms with Crippen LogP contribution in [0, 0.1) is 11.8 Å². The fourth-order valence-corrected chi connectivity index (χ4v) is 3.96. The molecule has 0 radical (unpaired) electrons. The van der Waals surface area contributed by atoms with E-state index >= 15 is 0 Å². The van der Waals surface area contributed by atoms with Gasteiger partial charge in [-0.05, 0) is 52.0 Å². The third-order valence-corrected chi connectivity index (χ3v) is 6.58. The molecular formula is C25H42FNO7. The van der Waals surface area contributed by atoms with Gasteiger partial charge in [-0.1, -0.05) is 33.8 Å². The number of Topliss-reactive ketones (excluding diaryl/α,β-unsaturated/α-hetero) is 1. The Hall–Kier alpha value is -1.84. The van der Waals surface area contributed by atoms with E-state index in [2.05, 4.69) is 0 Å². The van der Waals surface area contributed by atoms with Gasteiger partial charge < -0.3 is 24.6 Å². The topological polar surface area (TPSA) is 113 Å². The highest BCUT2D eigenvalue weighted by atomic mass is 19.1. The summed E-state index contributed by atoms with van der Waals surface area (Å²) in [5.74, 6) is -6.42. The van der Waals surface area contributed by atoms with Crippen LogP contribution in [-0.4, -0.2) is 69.7 Å². The lowest BCUT2D eigenvalue weighted by Crippen LogP contribution is -2.60. The molecule has 2 N–H and O–H groups in total. The molecule has 196 valence electrons. The number of amides is 1. The van der Waals surface area contributed by atoms with Crippen molar-refractivity contribution in [2.24, 2.45) is 11.8 Å². The van der Waals surface area contributed by atoms with Crippen molar-refractivity contribution >= 4 is 17.7 Å². The molecule has 7 unspecified atom stereocenters. The number of ketones is 1. The van der Waals surface area contributed by atoms with Gasteiger partial charge in [-0.3, -0.25) is 9.59 Å². The number of carbonyl (C=O) groups is 3. The summed E-state index contributed by atoms with van der Waals surface area (Å²) in [6.07, 6.45) is 0.639. The number of hydrogen-bond donors (Lipinski definition) is 2. The third-order valence-electron chi connectivity index (χ3n) is 6.58. The number of esters is 1. The number of nitrogens with zero attached hydrogens (tertiary/aromatic N) is 1. The van der Waals surface area contributed by atoms with Crippen molar-refractivity contribution in [2.45, 2.75) is 111 Å². The smallest absolute Gasteiger partial charge is 0.329 e. The molecule has 0 aliphatic carbocycles. The van der Waals surface area contributed by atoms with Crippen molar-refractivity contribution in [3.05, 3.63) is 11.6 Å². The summed E-state index contributed by atoms with van der Waals surface area (Å²) in [5.41, 5.74) is 0.754. The Labute approximate surface area is 202 Å². The monoisotopic (exact) mass is 487 g/mol. The Bertz CT molecular complexity index is 741. The van der Waals surface area contributed by atoms with Gasteiger partial charge in [0.05, 0.1) is 6.10 Å². The lowest BCUT2D eigenvalue weighted by atomic mass is 9.88. The molecule has 9 heteroatoms. The maximum Gasteiger partial charge on any atom is 0.329 e.